The molecule has 1 heteroatoms. The van der Waals surface area contributed by atoms with Crippen LogP contribution in [-0.4, -0.2) is 5.25 Å². The summed E-state index contributed by atoms with van der Waals surface area (Å²) in [5, 5.41) is 0.660. The van der Waals surface area contributed by atoms with Gasteiger partial charge in [-0.15, -0.1) is 0 Å². The lowest BCUT2D eigenvalue weighted by Gasteiger charge is -2.10. The van der Waals surface area contributed by atoms with Crippen molar-refractivity contribution in [3.63, 3.8) is 0 Å². The summed E-state index contributed by atoms with van der Waals surface area (Å²) >= 11 is 4.88. The molecule has 1 unspecified atom stereocenters. The molecule has 0 aromatic rings. The van der Waals surface area contributed by atoms with Crippen LogP contribution in [0.1, 0.15) is 232 Å². The first-order valence-corrected chi connectivity index (χ1v) is 19.0. The van der Waals surface area contributed by atoms with E-state index in [4.69, 9.17) is 12.6 Å². The molecule has 0 aliphatic heterocycles. The molecule has 0 aliphatic carbocycles. The Morgan fingerprint density at radius 3 is 0.605 bits per heavy atom. The maximum Gasteiger partial charge on any atom is 0.00168 e. The van der Waals surface area contributed by atoms with E-state index in [0.29, 0.717) is 5.25 Å². The second-order valence-corrected chi connectivity index (χ2v) is 13.6. The third-order valence-electron chi connectivity index (χ3n) is 8.78. The molecule has 1 atom stereocenters. The zero-order valence-corrected chi connectivity index (χ0v) is 28.0. The van der Waals surface area contributed by atoms with Crippen LogP contribution in [0.25, 0.3) is 0 Å². The van der Waals surface area contributed by atoms with Gasteiger partial charge in [-0.25, -0.2) is 0 Å². The third kappa shape index (κ3) is 34.4. The summed E-state index contributed by atoms with van der Waals surface area (Å²) in [7, 11) is 0. The molecule has 0 heterocycles. The fourth-order valence-corrected chi connectivity index (χ4v) is 6.37. The molecule has 0 saturated heterocycles. The summed E-state index contributed by atoms with van der Waals surface area (Å²) in [5.41, 5.74) is 0. The standard InChI is InChI=1S/C37H76S/c1-3-5-7-9-11-13-15-17-19-20-22-24-26-28-30-32-34-36-37(38)35-33-31-29-27-25-23-21-18-16-14-12-10-8-6-4-2/h37-38H,3-36H2,1-2H3. The highest BCUT2D eigenvalue weighted by Gasteiger charge is 2.03. The topological polar surface area (TPSA) is 0 Å². The minimum atomic E-state index is 0.660. The van der Waals surface area contributed by atoms with E-state index in [1.807, 2.05) is 0 Å². The summed E-state index contributed by atoms with van der Waals surface area (Å²) in [6.07, 6.45) is 49.4. The van der Waals surface area contributed by atoms with Gasteiger partial charge in [-0.05, 0) is 12.8 Å². The molecule has 38 heavy (non-hydrogen) atoms. The van der Waals surface area contributed by atoms with E-state index in [-0.39, 0.29) is 0 Å². The van der Waals surface area contributed by atoms with E-state index in [0.717, 1.165) is 0 Å². The van der Waals surface area contributed by atoms with Crippen molar-refractivity contribution in [3.8, 4) is 0 Å². The van der Waals surface area contributed by atoms with E-state index in [1.165, 1.54) is 218 Å². The Balaban J connectivity index is 3.13. The minimum Gasteiger partial charge on any atom is -0.176 e. The zero-order valence-electron chi connectivity index (χ0n) is 27.1. The molecule has 0 spiro atoms. The van der Waals surface area contributed by atoms with Crippen LogP contribution in [-0.2, 0) is 0 Å². The van der Waals surface area contributed by atoms with E-state index < -0.39 is 0 Å². The molecule has 0 rings (SSSR count). The number of hydrogen-bond donors (Lipinski definition) is 1. The highest BCUT2D eigenvalue weighted by atomic mass is 32.1. The van der Waals surface area contributed by atoms with E-state index in [2.05, 4.69) is 13.8 Å². The lowest BCUT2D eigenvalue weighted by atomic mass is 10.0. The van der Waals surface area contributed by atoms with Crippen LogP contribution in [0.5, 0.6) is 0 Å². The Morgan fingerprint density at radius 1 is 0.263 bits per heavy atom. The Hall–Kier alpha value is 0.350. The molecule has 230 valence electrons. The molecule has 0 fully saturated rings. The first-order chi connectivity index (χ1) is 18.8. The monoisotopic (exact) mass is 553 g/mol. The largest absolute Gasteiger partial charge is 0.176 e. The number of hydrogen-bond acceptors (Lipinski definition) is 1. The summed E-state index contributed by atoms with van der Waals surface area (Å²) in [4.78, 5) is 0. The van der Waals surface area contributed by atoms with Crippen LogP contribution < -0.4 is 0 Å². The second kappa shape index (κ2) is 35.4. The third-order valence-corrected chi connectivity index (χ3v) is 9.30. The fourth-order valence-electron chi connectivity index (χ4n) is 6.00. The maximum atomic E-state index is 4.88. The van der Waals surface area contributed by atoms with Gasteiger partial charge in [-0.1, -0.05) is 219 Å². The predicted molar refractivity (Wildman–Crippen MR) is 181 cm³/mol. The van der Waals surface area contributed by atoms with Gasteiger partial charge in [0.1, 0.15) is 0 Å². The molecule has 0 bridgehead atoms. The first-order valence-electron chi connectivity index (χ1n) is 18.5. The molecular formula is C37H76S. The molecule has 0 N–H and O–H groups in total. The van der Waals surface area contributed by atoms with E-state index >= 15 is 0 Å². The SMILES string of the molecule is CCCCCCCCCCCCCCCCCCCC(S)CCCCCCCCCCCCCCCCC. The van der Waals surface area contributed by atoms with Crippen LogP contribution in [0.15, 0.2) is 0 Å². The van der Waals surface area contributed by atoms with Gasteiger partial charge in [0.15, 0.2) is 0 Å². The zero-order chi connectivity index (χ0) is 27.6. The maximum absolute atomic E-state index is 4.88. The predicted octanol–water partition coefficient (Wildman–Crippen LogP) is 14.6. The molecule has 0 aliphatic rings. The van der Waals surface area contributed by atoms with Gasteiger partial charge in [0.25, 0.3) is 0 Å². The lowest BCUT2D eigenvalue weighted by molar-refractivity contribution is 0.515. The molecule has 0 saturated carbocycles. The first kappa shape index (κ1) is 38.4. The smallest absolute Gasteiger partial charge is 0.00168 e. The normalized spacial score (nSPS) is 12.4. The lowest BCUT2D eigenvalue weighted by Crippen LogP contribution is -1.98. The highest BCUT2D eigenvalue weighted by Crippen LogP contribution is 2.19. The average molecular weight is 553 g/mol. The Labute approximate surface area is 249 Å². The number of thiol groups is 1. The van der Waals surface area contributed by atoms with Crippen molar-refractivity contribution < 1.29 is 0 Å². The van der Waals surface area contributed by atoms with Crippen molar-refractivity contribution in [3.05, 3.63) is 0 Å². The summed E-state index contributed by atoms with van der Waals surface area (Å²) in [6.45, 7) is 4.61. The number of rotatable bonds is 34. The summed E-state index contributed by atoms with van der Waals surface area (Å²) in [6, 6.07) is 0. The molecule has 0 nitrogen and oxygen atoms in total. The van der Waals surface area contributed by atoms with Crippen molar-refractivity contribution in [2.24, 2.45) is 0 Å². The average Bonchev–Trinajstić information content (AvgIpc) is 2.92. The Bertz CT molecular complexity index is 392. The van der Waals surface area contributed by atoms with Crippen LogP contribution >= 0.6 is 12.6 Å². The second-order valence-electron chi connectivity index (χ2n) is 12.8. The molecule has 0 radical (unpaired) electrons. The van der Waals surface area contributed by atoms with Crippen LogP contribution in [0.3, 0.4) is 0 Å². The van der Waals surface area contributed by atoms with Crippen molar-refractivity contribution in [1.82, 2.24) is 0 Å². The van der Waals surface area contributed by atoms with Crippen molar-refractivity contribution >= 4 is 12.6 Å². The molecule has 0 aromatic carbocycles. The van der Waals surface area contributed by atoms with Gasteiger partial charge in [-0.2, -0.15) is 12.6 Å². The van der Waals surface area contributed by atoms with Crippen LogP contribution in [0.4, 0.5) is 0 Å². The highest BCUT2D eigenvalue weighted by molar-refractivity contribution is 7.80. The van der Waals surface area contributed by atoms with Gasteiger partial charge in [0.2, 0.25) is 0 Å². The Kier molecular flexibility index (Phi) is 35.7. The van der Waals surface area contributed by atoms with Gasteiger partial charge in [0.05, 0.1) is 0 Å². The minimum absolute atomic E-state index is 0.660. The van der Waals surface area contributed by atoms with E-state index in [1.54, 1.807) is 0 Å². The van der Waals surface area contributed by atoms with Gasteiger partial charge in [0, 0.05) is 5.25 Å². The number of unbranched alkanes of at least 4 members (excludes halogenated alkanes) is 30. The van der Waals surface area contributed by atoms with Crippen molar-refractivity contribution in [2.75, 3.05) is 0 Å². The van der Waals surface area contributed by atoms with Crippen LogP contribution in [0.2, 0.25) is 0 Å². The van der Waals surface area contributed by atoms with E-state index in [9.17, 15) is 0 Å². The molecule has 0 amide bonds. The summed E-state index contributed by atoms with van der Waals surface area (Å²) < 4.78 is 0. The van der Waals surface area contributed by atoms with Crippen molar-refractivity contribution in [1.29, 1.82) is 0 Å². The van der Waals surface area contributed by atoms with Gasteiger partial charge < -0.3 is 0 Å². The van der Waals surface area contributed by atoms with Crippen LogP contribution in [0, 0.1) is 0 Å². The van der Waals surface area contributed by atoms with Gasteiger partial charge >= 0.3 is 0 Å². The fraction of sp³-hybridized carbons (Fsp3) is 1.00. The van der Waals surface area contributed by atoms with Crippen molar-refractivity contribution in [2.45, 2.75) is 237 Å². The summed E-state index contributed by atoms with van der Waals surface area (Å²) in [5.74, 6) is 0. The Morgan fingerprint density at radius 2 is 0.421 bits per heavy atom. The molecule has 0 aromatic heterocycles. The van der Waals surface area contributed by atoms with Gasteiger partial charge in [-0.3, -0.25) is 0 Å². The molecular weight excluding hydrogens is 476 g/mol. The quantitative estimate of drug-likeness (QED) is 0.0595.